The molecule has 1 fully saturated rings. The van der Waals surface area contributed by atoms with Gasteiger partial charge >= 0.3 is 6.03 Å². The summed E-state index contributed by atoms with van der Waals surface area (Å²) in [4.78, 5) is 32.4. The van der Waals surface area contributed by atoms with Crippen LogP contribution in [0.15, 0.2) is 47.1 Å². The minimum atomic E-state index is -0.547. The summed E-state index contributed by atoms with van der Waals surface area (Å²) in [5, 5.41) is 5.01. The average Bonchev–Trinajstić information content (AvgIpc) is 2.71. The van der Waals surface area contributed by atoms with Crippen LogP contribution in [-0.2, 0) is 4.79 Å². The van der Waals surface area contributed by atoms with E-state index in [-0.39, 0.29) is 24.6 Å². The van der Waals surface area contributed by atoms with Crippen LogP contribution in [0.4, 0.5) is 20.7 Å². The third-order valence-electron chi connectivity index (χ3n) is 4.41. The van der Waals surface area contributed by atoms with E-state index >= 15 is 0 Å². The van der Waals surface area contributed by atoms with Crippen LogP contribution in [0.1, 0.15) is 6.42 Å². The predicted octanol–water partition coefficient (Wildman–Crippen LogP) is 2.84. The Morgan fingerprint density at radius 1 is 1.14 bits per heavy atom. The van der Waals surface area contributed by atoms with Crippen molar-refractivity contribution in [2.24, 2.45) is 0 Å². The molecule has 1 saturated heterocycles. The minimum absolute atomic E-state index is 0.0178. The number of hydrogen-bond donors (Lipinski definition) is 2. The normalized spacial score (nSPS) is 13.9. The van der Waals surface area contributed by atoms with Crippen LogP contribution in [0.3, 0.4) is 0 Å². The standard InChI is InChI=1S/C19H21BrFN5O2/c20-14-4-5-16(15(21)13-14)24-19(28)23-8-6-18(27)26-11-9-25(10-12-26)17-3-1-2-7-22-17/h1-5,7,13H,6,8-12H2,(H2,23,24,28). The van der Waals surface area contributed by atoms with Crippen LogP contribution in [0.5, 0.6) is 0 Å². The van der Waals surface area contributed by atoms with Gasteiger partial charge in [-0.05, 0) is 30.3 Å². The molecule has 148 valence electrons. The smallest absolute Gasteiger partial charge is 0.319 e. The molecule has 9 heteroatoms. The SMILES string of the molecule is O=C(NCCC(=O)N1CCN(c2ccccn2)CC1)Nc1ccc(Br)cc1F. The number of rotatable bonds is 5. The summed E-state index contributed by atoms with van der Waals surface area (Å²) in [7, 11) is 0. The maximum absolute atomic E-state index is 13.7. The molecule has 3 rings (SSSR count). The van der Waals surface area contributed by atoms with Gasteiger partial charge in [-0.3, -0.25) is 4.79 Å². The van der Waals surface area contributed by atoms with Crippen molar-refractivity contribution >= 4 is 39.4 Å². The number of nitrogens with zero attached hydrogens (tertiary/aromatic N) is 3. The van der Waals surface area contributed by atoms with Crippen molar-refractivity contribution in [3.8, 4) is 0 Å². The molecule has 0 spiro atoms. The van der Waals surface area contributed by atoms with Gasteiger partial charge in [0, 0.05) is 49.8 Å². The molecule has 3 amide bonds. The lowest BCUT2D eigenvalue weighted by atomic mass is 10.2. The highest BCUT2D eigenvalue weighted by Gasteiger charge is 2.21. The van der Waals surface area contributed by atoms with Crippen LogP contribution < -0.4 is 15.5 Å². The van der Waals surface area contributed by atoms with E-state index in [1.807, 2.05) is 18.2 Å². The van der Waals surface area contributed by atoms with E-state index in [1.54, 1.807) is 17.2 Å². The number of carbonyl (C=O) groups is 2. The second-order valence-corrected chi connectivity index (χ2v) is 7.23. The Hall–Kier alpha value is -2.68. The molecule has 1 aliphatic heterocycles. The highest BCUT2D eigenvalue weighted by atomic mass is 79.9. The number of amides is 3. The molecule has 0 radical (unpaired) electrons. The number of aromatic nitrogens is 1. The molecule has 1 aromatic carbocycles. The van der Waals surface area contributed by atoms with E-state index < -0.39 is 11.8 Å². The molecule has 0 unspecified atom stereocenters. The molecule has 0 aliphatic carbocycles. The number of hydrogen-bond acceptors (Lipinski definition) is 4. The molecular formula is C19H21BrFN5O2. The van der Waals surface area contributed by atoms with Crippen molar-refractivity contribution in [3.63, 3.8) is 0 Å². The molecule has 1 aromatic heterocycles. The summed E-state index contributed by atoms with van der Waals surface area (Å²) in [6.07, 6.45) is 1.95. The van der Waals surface area contributed by atoms with Crippen LogP contribution in [0.2, 0.25) is 0 Å². The van der Waals surface area contributed by atoms with Crippen LogP contribution in [0.25, 0.3) is 0 Å². The maximum Gasteiger partial charge on any atom is 0.319 e. The Bertz CT molecular complexity index is 828. The van der Waals surface area contributed by atoms with E-state index in [0.717, 1.165) is 18.9 Å². The Kier molecular flexibility index (Phi) is 6.80. The zero-order chi connectivity index (χ0) is 19.9. The number of urea groups is 1. The van der Waals surface area contributed by atoms with Gasteiger partial charge in [0.05, 0.1) is 5.69 Å². The number of anilines is 2. The van der Waals surface area contributed by atoms with Crippen LogP contribution >= 0.6 is 15.9 Å². The molecule has 2 aromatic rings. The molecule has 0 bridgehead atoms. The van der Waals surface area contributed by atoms with Crippen LogP contribution in [-0.4, -0.2) is 54.5 Å². The predicted molar refractivity (Wildman–Crippen MR) is 109 cm³/mol. The van der Waals surface area contributed by atoms with Crippen molar-refractivity contribution < 1.29 is 14.0 Å². The van der Waals surface area contributed by atoms with Gasteiger partial charge in [0.2, 0.25) is 5.91 Å². The maximum atomic E-state index is 13.7. The van der Waals surface area contributed by atoms with Crippen molar-refractivity contribution in [1.82, 2.24) is 15.2 Å². The molecule has 1 aliphatic rings. The van der Waals surface area contributed by atoms with E-state index in [0.29, 0.717) is 17.6 Å². The second kappa shape index (κ2) is 9.50. The van der Waals surface area contributed by atoms with E-state index in [4.69, 9.17) is 0 Å². The molecular weight excluding hydrogens is 429 g/mol. The summed E-state index contributed by atoms with van der Waals surface area (Å²) in [6.45, 7) is 2.86. The molecule has 28 heavy (non-hydrogen) atoms. The topological polar surface area (TPSA) is 77.6 Å². The molecule has 2 heterocycles. The average molecular weight is 450 g/mol. The van der Waals surface area contributed by atoms with Gasteiger partial charge in [0.25, 0.3) is 0 Å². The summed E-state index contributed by atoms with van der Waals surface area (Å²) >= 11 is 3.16. The first-order valence-electron chi connectivity index (χ1n) is 8.96. The van der Waals surface area contributed by atoms with Crippen molar-refractivity contribution in [1.29, 1.82) is 0 Å². The lowest BCUT2D eigenvalue weighted by Crippen LogP contribution is -2.49. The van der Waals surface area contributed by atoms with Gasteiger partial charge in [-0.2, -0.15) is 0 Å². The first-order valence-corrected chi connectivity index (χ1v) is 9.76. The van der Waals surface area contributed by atoms with Gasteiger partial charge in [0.15, 0.2) is 0 Å². The first kappa shape index (κ1) is 20.1. The zero-order valence-electron chi connectivity index (χ0n) is 15.2. The first-order chi connectivity index (χ1) is 13.5. The highest BCUT2D eigenvalue weighted by Crippen LogP contribution is 2.19. The number of pyridine rings is 1. The Morgan fingerprint density at radius 2 is 1.93 bits per heavy atom. The van der Waals surface area contributed by atoms with E-state index in [9.17, 15) is 14.0 Å². The van der Waals surface area contributed by atoms with Gasteiger partial charge in [-0.25, -0.2) is 14.2 Å². The summed E-state index contributed by atoms with van der Waals surface area (Å²) in [5.74, 6) is 0.357. The van der Waals surface area contributed by atoms with Gasteiger partial charge < -0.3 is 20.4 Å². The lowest BCUT2D eigenvalue weighted by Gasteiger charge is -2.35. The Labute approximate surface area is 171 Å². The fourth-order valence-electron chi connectivity index (χ4n) is 2.92. The van der Waals surface area contributed by atoms with Crippen LogP contribution in [0, 0.1) is 5.82 Å². The zero-order valence-corrected chi connectivity index (χ0v) is 16.8. The molecule has 0 saturated carbocycles. The number of carbonyl (C=O) groups excluding carboxylic acids is 2. The summed E-state index contributed by atoms with van der Waals surface area (Å²) < 4.78 is 14.3. The lowest BCUT2D eigenvalue weighted by molar-refractivity contribution is -0.131. The summed E-state index contributed by atoms with van der Waals surface area (Å²) in [5.41, 5.74) is 0.0812. The summed E-state index contributed by atoms with van der Waals surface area (Å²) in [6, 6.07) is 9.58. The molecule has 7 nitrogen and oxygen atoms in total. The third kappa shape index (κ3) is 5.41. The van der Waals surface area contributed by atoms with Crippen molar-refractivity contribution in [3.05, 3.63) is 52.9 Å². The van der Waals surface area contributed by atoms with E-state index in [2.05, 4.69) is 36.4 Å². The third-order valence-corrected chi connectivity index (χ3v) is 4.90. The monoisotopic (exact) mass is 449 g/mol. The Balaban J connectivity index is 1.38. The fraction of sp³-hybridized carbons (Fsp3) is 0.316. The number of nitrogens with one attached hydrogen (secondary N) is 2. The molecule has 0 atom stereocenters. The Morgan fingerprint density at radius 3 is 2.61 bits per heavy atom. The van der Waals surface area contributed by atoms with E-state index in [1.165, 1.54) is 12.1 Å². The van der Waals surface area contributed by atoms with Gasteiger partial charge in [-0.15, -0.1) is 0 Å². The van der Waals surface area contributed by atoms with Gasteiger partial charge in [0.1, 0.15) is 11.6 Å². The number of benzene rings is 1. The highest BCUT2D eigenvalue weighted by molar-refractivity contribution is 9.10. The minimum Gasteiger partial charge on any atom is -0.353 e. The number of piperazine rings is 1. The second-order valence-electron chi connectivity index (χ2n) is 6.31. The van der Waals surface area contributed by atoms with Crippen molar-refractivity contribution in [2.75, 3.05) is 42.9 Å². The quantitative estimate of drug-likeness (QED) is 0.735. The fourth-order valence-corrected chi connectivity index (χ4v) is 3.26. The van der Waals surface area contributed by atoms with Gasteiger partial charge in [-0.1, -0.05) is 22.0 Å². The number of halogens is 2. The molecule has 2 N–H and O–H groups in total. The van der Waals surface area contributed by atoms with Crippen molar-refractivity contribution in [2.45, 2.75) is 6.42 Å². The largest absolute Gasteiger partial charge is 0.353 e.